The van der Waals surface area contributed by atoms with Gasteiger partial charge in [-0.15, -0.1) is 0 Å². The fraction of sp³-hybridized carbons (Fsp3) is 0.167. The van der Waals surface area contributed by atoms with Crippen LogP contribution >= 0.6 is 0 Å². The van der Waals surface area contributed by atoms with E-state index in [2.05, 4.69) is 9.97 Å². The number of ether oxygens (including phenoxy) is 2. The third-order valence-corrected chi connectivity index (χ3v) is 2.38. The summed E-state index contributed by atoms with van der Waals surface area (Å²) in [5.74, 6) is 1.17. The molecule has 0 spiro atoms. The molecule has 1 aromatic carbocycles. The molecular formula is C12H13N3O2. The van der Waals surface area contributed by atoms with Gasteiger partial charge in [-0.25, -0.2) is 9.97 Å². The standard InChI is InChI=1S/C12H13N3O2/c1-16-11-5-8(13)3-4-9(11)10-6-14-7-15-12(10)17-2/h3-7H,13H2,1-2H3. The van der Waals surface area contributed by atoms with Crippen LogP contribution in [0.25, 0.3) is 11.1 Å². The highest BCUT2D eigenvalue weighted by Crippen LogP contribution is 2.35. The van der Waals surface area contributed by atoms with Gasteiger partial charge in [-0.2, -0.15) is 0 Å². The van der Waals surface area contributed by atoms with E-state index in [1.165, 1.54) is 6.33 Å². The number of aromatic nitrogens is 2. The van der Waals surface area contributed by atoms with Crippen molar-refractivity contribution in [2.45, 2.75) is 0 Å². The Hall–Kier alpha value is -2.30. The fourth-order valence-electron chi connectivity index (χ4n) is 1.60. The van der Waals surface area contributed by atoms with E-state index < -0.39 is 0 Å². The van der Waals surface area contributed by atoms with Gasteiger partial charge in [-0.05, 0) is 12.1 Å². The molecule has 17 heavy (non-hydrogen) atoms. The summed E-state index contributed by atoms with van der Waals surface area (Å²) in [4.78, 5) is 8.04. The molecule has 0 fully saturated rings. The first-order chi connectivity index (χ1) is 8.26. The van der Waals surface area contributed by atoms with Crippen molar-refractivity contribution in [1.82, 2.24) is 9.97 Å². The lowest BCUT2D eigenvalue weighted by Crippen LogP contribution is -1.96. The first-order valence-electron chi connectivity index (χ1n) is 5.04. The molecule has 2 N–H and O–H groups in total. The highest BCUT2D eigenvalue weighted by atomic mass is 16.5. The van der Waals surface area contributed by atoms with Crippen molar-refractivity contribution in [2.75, 3.05) is 20.0 Å². The van der Waals surface area contributed by atoms with Crippen molar-refractivity contribution in [3.05, 3.63) is 30.7 Å². The van der Waals surface area contributed by atoms with Gasteiger partial charge in [0.1, 0.15) is 12.1 Å². The summed E-state index contributed by atoms with van der Waals surface area (Å²) in [6, 6.07) is 5.40. The van der Waals surface area contributed by atoms with Crippen LogP contribution in [0.5, 0.6) is 11.6 Å². The van der Waals surface area contributed by atoms with E-state index in [1.54, 1.807) is 32.5 Å². The molecule has 0 amide bonds. The molecule has 88 valence electrons. The predicted octanol–water partition coefficient (Wildman–Crippen LogP) is 1.74. The molecule has 0 radical (unpaired) electrons. The summed E-state index contributed by atoms with van der Waals surface area (Å²) in [6.07, 6.45) is 3.12. The van der Waals surface area contributed by atoms with Gasteiger partial charge in [0.2, 0.25) is 5.88 Å². The number of nitrogens with zero attached hydrogens (tertiary/aromatic N) is 2. The third-order valence-electron chi connectivity index (χ3n) is 2.38. The Morgan fingerprint density at radius 3 is 2.65 bits per heavy atom. The van der Waals surface area contributed by atoms with Crippen LogP contribution in [0.3, 0.4) is 0 Å². The number of benzene rings is 1. The summed E-state index contributed by atoms with van der Waals surface area (Å²) < 4.78 is 10.5. The van der Waals surface area contributed by atoms with Crippen LogP contribution in [0, 0.1) is 0 Å². The zero-order valence-electron chi connectivity index (χ0n) is 9.68. The second kappa shape index (κ2) is 4.69. The van der Waals surface area contributed by atoms with Crippen LogP contribution in [0.1, 0.15) is 0 Å². The lowest BCUT2D eigenvalue weighted by atomic mass is 10.1. The molecule has 5 nitrogen and oxygen atoms in total. The van der Waals surface area contributed by atoms with Crippen molar-refractivity contribution in [2.24, 2.45) is 0 Å². The maximum Gasteiger partial charge on any atom is 0.224 e. The van der Waals surface area contributed by atoms with E-state index in [9.17, 15) is 0 Å². The van der Waals surface area contributed by atoms with E-state index >= 15 is 0 Å². The molecule has 0 aliphatic heterocycles. The molecule has 1 heterocycles. The average molecular weight is 231 g/mol. The molecule has 1 aromatic heterocycles. The Kier molecular flexibility index (Phi) is 3.09. The van der Waals surface area contributed by atoms with Crippen LogP contribution in [0.4, 0.5) is 5.69 Å². The van der Waals surface area contributed by atoms with E-state index in [4.69, 9.17) is 15.2 Å². The van der Waals surface area contributed by atoms with Gasteiger partial charge in [-0.3, -0.25) is 0 Å². The Morgan fingerprint density at radius 1 is 1.12 bits per heavy atom. The number of methoxy groups -OCH3 is 2. The van der Waals surface area contributed by atoms with Gasteiger partial charge in [-0.1, -0.05) is 0 Å². The second-order valence-electron chi connectivity index (χ2n) is 3.41. The summed E-state index contributed by atoms with van der Waals surface area (Å²) in [5.41, 5.74) is 7.97. The molecule has 0 bridgehead atoms. The van der Waals surface area contributed by atoms with Gasteiger partial charge in [0.25, 0.3) is 0 Å². The number of hydrogen-bond donors (Lipinski definition) is 1. The fourth-order valence-corrected chi connectivity index (χ4v) is 1.60. The Morgan fingerprint density at radius 2 is 1.94 bits per heavy atom. The SMILES string of the molecule is COc1cc(N)ccc1-c1cncnc1OC. The summed E-state index contributed by atoms with van der Waals surface area (Å²) in [7, 11) is 3.16. The van der Waals surface area contributed by atoms with Crippen molar-refractivity contribution in [3.8, 4) is 22.8 Å². The topological polar surface area (TPSA) is 70.3 Å². The maximum absolute atomic E-state index is 5.71. The minimum atomic E-state index is 0.503. The van der Waals surface area contributed by atoms with Crippen LogP contribution in [0.2, 0.25) is 0 Å². The zero-order chi connectivity index (χ0) is 12.3. The van der Waals surface area contributed by atoms with Crippen molar-refractivity contribution < 1.29 is 9.47 Å². The van der Waals surface area contributed by atoms with Gasteiger partial charge in [0.05, 0.1) is 19.8 Å². The van der Waals surface area contributed by atoms with Gasteiger partial charge in [0, 0.05) is 23.5 Å². The third kappa shape index (κ3) is 2.13. The highest BCUT2D eigenvalue weighted by molar-refractivity contribution is 5.75. The van der Waals surface area contributed by atoms with Gasteiger partial charge < -0.3 is 15.2 Å². The van der Waals surface area contributed by atoms with E-state index in [1.807, 2.05) is 6.07 Å². The average Bonchev–Trinajstić information content (AvgIpc) is 2.38. The minimum absolute atomic E-state index is 0.503. The molecule has 0 aliphatic rings. The van der Waals surface area contributed by atoms with Crippen LogP contribution in [-0.4, -0.2) is 24.2 Å². The summed E-state index contributed by atoms with van der Waals surface area (Å²) >= 11 is 0. The zero-order valence-corrected chi connectivity index (χ0v) is 9.68. The van der Waals surface area contributed by atoms with E-state index in [0.717, 1.165) is 11.1 Å². The summed E-state index contributed by atoms with van der Waals surface area (Å²) in [6.45, 7) is 0. The number of hydrogen-bond acceptors (Lipinski definition) is 5. The molecular weight excluding hydrogens is 218 g/mol. The van der Waals surface area contributed by atoms with E-state index in [0.29, 0.717) is 17.3 Å². The molecule has 0 unspecified atom stereocenters. The maximum atomic E-state index is 5.71. The molecule has 0 aliphatic carbocycles. The molecule has 2 rings (SSSR count). The van der Waals surface area contributed by atoms with Gasteiger partial charge in [0.15, 0.2) is 0 Å². The number of anilines is 1. The Labute approximate surface area is 99.2 Å². The van der Waals surface area contributed by atoms with E-state index in [-0.39, 0.29) is 0 Å². The lowest BCUT2D eigenvalue weighted by Gasteiger charge is -2.11. The first-order valence-corrected chi connectivity index (χ1v) is 5.04. The second-order valence-corrected chi connectivity index (χ2v) is 3.41. The number of nitrogens with two attached hydrogens (primary N) is 1. The largest absolute Gasteiger partial charge is 0.496 e. The lowest BCUT2D eigenvalue weighted by molar-refractivity contribution is 0.396. The van der Waals surface area contributed by atoms with Gasteiger partial charge >= 0.3 is 0 Å². The molecule has 5 heteroatoms. The Bertz CT molecular complexity index is 529. The quantitative estimate of drug-likeness (QED) is 0.815. The van der Waals surface area contributed by atoms with Crippen molar-refractivity contribution in [1.29, 1.82) is 0 Å². The molecule has 2 aromatic rings. The number of nitrogen functional groups attached to an aromatic ring is 1. The molecule has 0 saturated carbocycles. The highest BCUT2D eigenvalue weighted by Gasteiger charge is 2.12. The Balaban J connectivity index is 2.59. The first kappa shape index (κ1) is 11.2. The molecule has 0 saturated heterocycles. The van der Waals surface area contributed by atoms with Crippen molar-refractivity contribution >= 4 is 5.69 Å². The van der Waals surface area contributed by atoms with Crippen LogP contribution in [0.15, 0.2) is 30.7 Å². The minimum Gasteiger partial charge on any atom is -0.496 e. The number of rotatable bonds is 3. The summed E-state index contributed by atoms with van der Waals surface area (Å²) in [5, 5.41) is 0. The van der Waals surface area contributed by atoms with Crippen LogP contribution in [-0.2, 0) is 0 Å². The van der Waals surface area contributed by atoms with Crippen LogP contribution < -0.4 is 15.2 Å². The predicted molar refractivity (Wildman–Crippen MR) is 65.0 cm³/mol. The normalized spacial score (nSPS) is 10.0. The smallest absolute Gasteiger partial charge is 0.224 e. The molecule has 0 atom stereocenters. The monoisotopic (exact) mass is 231 g/mol. The van der Waals surface area contributed by atoms with Crippen molar-refractivity contribution in [3.63, 3.8) is 0 Å².